The summed E-state index contributed by atoms with van der Waals surface area (Å²) in [5, 5.41) is 1.86. The first kappa shape index (κ1) is 15.8. The summed E-state index contributed by atoms with van der Waals surface area (Å²) in [6, 6.07) is 10.7. The van der Waals surface area contributed by atoms with Crippen molar-refractivity contribution in [2.24, 2.45) is 0 Å². The van der Waals surface area contributed by atoms with E-state index in [-0.39, 0.29) is 11.4 Å². The summed E-state index contributed by atoms with van der Waals surface area (Å²) in [5.74, 6) is 0.100. The molecule has 1 amide bonds. The number of carbonyl (C=O) groups excluding carboxylic acids is 1. The van der Waals surface area contributed by atoms with Gasteiger partial charge in [-0.1, -0.05) is 30.3 Å². The van der Waals surface area contributed by atoms with Crippen molar-refractivity contribution in [2.75, 3.05) is 26.2 Å². The molecule has 2 fully saturated rings. The number of thiazole rings is 1. The van der Waals surface area contributed by atoms with E-state index in [0.29, 0.717) is 5.69 Å². The molecule has 0 saturated carbocycles. The SMILES string of the molecule is O=C(c1cscn1)N1CCC2(CCCN2CCc2ccccc2)C1. The van der Waals surface area contributed by atoms with Crippen molar-refractivity contribution in [1.29, 1.82) is 0 Å². The normalized spacial score (nSPS) is 24.1. The first-order chi connectivity index (χ1) is 11.8. The van der Waals surface area contributed by atoms with Crippen LogP contribution in [0.3, 0.4) is 0 Å². The highest BCUT2D eigenvalue weighted by atomic mass is 32.1. The Labute approximate surface area is 147 Å². The monoisotopic (exact) mass is 341 g/mol. The molecule has 1 aromatic carbocycles. The van der Waals surface area contributed by atoms with Crippen LogP contribution >= 0.6 is 11.3 Å². The summed E-state index contributed by atoms with van der Waals surface area (Å²) in [6.45, 7) is 3.96. The molecule has 24 heavy (non-hydrogen) atoms. The van der Waals surface area contributed by atoms with Crippen molar-refractivity contribution in [3.8, 4) is 0 Å². The van der Waals surface area contributed by atoms with Gasteiger partial charge in [-0.15, -0.1) is 11.3 Å². The van der Waals surface area contributed by atoms with Crippen molar-refractivity contribution in [1.82, 2.24) is 14.8 Å². The van der Waals surface area contributed by atoms with Crippen LogP contribution in [-0.4, -0.2) is 52.4 Å². The van der Waals surface area contributed by atoms with Crippen molar-refractivity contribution in [3.63, 3.8) is 0 Å². The summed E-state index contributed by atoms with van der Waals surface area (Å²) >= 11 is 1.49. The van der Waals surface area contributed by atoms with Gasteiger partial charge < -0.3 is 4.90 Å². The van der Waals surface area contributed by atoms with E-state index in [1.165, 1.54) is 29.7 Å². The van der Waals surface area contributed by atoms with Gasteiger partial charge in [0.1, 0.15) is 5.69 Å². The Kier molecular flexibility index (Phi) is 4.37. The minimum Gasteiger partial charge on any atom is -0.335 e. The Bertz CT molecular complexity index is 688. The predicted molar refractivity (Wildman–Crippen MR) is 96.3 cm³/mol. The second kappa shape index (κ2) is 6.65. The fourth-order valence-electron chi connectivity index (χ4n) is 4.22. The summed E-state index contributed by atoms with van der Waals surface area (Å²) in [6.07, 6.45) is 4.64. The highest BCUT2D eigenvalue weighted by molar-refractivity contribution is 7.07. The fourth-order valence-corrected chi connectivity index (χ4v) is 4.75. The molecule has 126 valence electrons. The van der Waals surface area contributed by atoms with Gasteiger partial charge in [0.05, 0.1) is 5.51 Å². The third-order valence-electron chi connectivity index (χ3n) is 5.53. The Balaban J connectivity index is 1.41. The molecule has 1 spiro atoms. The van der Waals surface area contributed by atoms with Crippen LogP contribution in [0.1, 0.15) is 35.3 Å². The lowest BCUT2D eigenvalue weighted by Gasteiger charge is -2.35. The van der Waals surface area contributed by atoms with E-state index in [1.807, 2.05) is 10.3 Å². The number of aromatic nitrogens is 1. The van der Waals surface area contributed by atoms with Crippen LogP contribution in [0.4, 0.5) is 0 Å². The molecule has 1 atom stereocenters. The van der Waals surface area contributed by atoms with Gasteiger partial charge in [0.25, 0.3) is 5.91 Å². The fraction of sp³-hybridized carbons (Fsp3) is 0.474. The van der Waals surface area contributed by atoms with E-state index in [0.717, 1.165) is 39.0 Å². The zero-order chi connectivity index (χ0) is 16.4. The Morgan fingerprint density at radius 2 is 2.08 bits per heavy atom. The molecule has 1 aromatic heterocycles. The lowest BCUT2D eigenvalue weighted by Crippen LogP contribution is -2.47. The maximum absolute atomic E-state index is 12.6. The molecule has 3 heterocycles. The van der Waals surface area contributed by atoms with E-state index in [4.69, 9.17) is 0 Å². The molecule has 0 aliphatic carbocycles. The molecule has 2 saturated heterocycles. The van der Waals surface area contributed by atoms with Gasteiger partial charge in [0.2, 0.25) is 0 Å². The molecule has 0 radical (unpaired) electrons. The largest absolute Gasteiger partial charge is 0.335 e. The first-order valence-electron chi connectivity index (χ1n) is 8.73. The number of benzene rings is 1. The van der Waals surface area contributed by atoms with E-state index in [2.05, 4.69) is 40.2 Å². The van der Waals surface area contributed by atoms with Crippen LogP contribution in [0.25, 0.3) is 0 Å². The van der Waals surface area contributed by atoms with Crippen LogP contribution in [0.5, 0.6) is 0 Å². The smallest absolute Gasteiger partial charge is 0.273 e. The van der Waals surface area contributed by atoms with Gasteiger partial charge in [0, 0.05) is 30.6 Å². The van der Waals surface area contributed by atoms with Gasteiger partial charge in [-0.05, 0) is 37.8 Å². The molecule has 2 aliphatic heterocycles. The molecule has 4 nitrogen and oxygen atoms in total. The van der Waals surface area contributed by atoms with E-state index in [1.54, 1.807) is 5.51 Å². The Morgan fingerprint density at radius 1 is 1.21 bits per heavy atom. The topological polar surface area (TPSA) is 36.4 Å². The lowest BCUT2D eigenvalue weighted by atomic mass is 9.95. The maximum atomic E-state index is 12.6. The van der Waals surface area contributed by atoms with E-state index >= 15 is 0 Å². The second-order valence-corrected chi connectivity index (χ2v) is 7.62. The highest BCUT2D eigenvalue weighted by Crippen LogP contribution is 2.38. The molecule has 1 unspecified atom stereocenters. The van der Waals surface area contributed by atoms with Crippen LogP contribution in [0, 0.1) is 0 Å². The molecular formula is C19H23N3OS. The lowest BCUT2D eigenvalue weighted by molar-refractivity contribution is 0.0742. The number of carbonyl (C=O) groups is 1. The van der Waals surface area contributed by atoms with Crippen molar-refractivity contribution >= 4 is 17.2 Å². The van der Waals surface area contributed by atoms with Gasteiger partial charge in [-0.3, -0.25) is 9.69 Å². The average Bonchev–Trinajstić information content (AvgIpc) is 3.36. The first-order valence-corrected chi connectivity index (χ1v) is 9.68. The minimum absolute atomic E-state index is 0.100. The van der Waals surface area contributed by atoms with Crippen LogP contribution in [0.15, 0.2) is 41.2 Å². The predicted octanol–water partition coefficient (Wildman–Crippen LogP) is 3.07. The maximum Gasteiger partial charge on any atom is 0.273 e. The molecule has 0 bridgehead atoms. The number of likely N-dealkylation sites (tertiary alicyclic amines) is 2. The van der Waals surface area contributed by atoms with Crippen LogP contribution < -0.4 is 0 Å². The molecule has 0 N–H and O–H groups in total. The minimum atomic E-state index is 0.100. The second-order valence-electron chi connectivity index (χ2n) is 6.90. The highest BCUT2D eigenvalue weighted by Gasteiger charge is 2.46. The molecule has 4 rings (SSSR count). The van der Waals surface area contributed by atoms with Gasteiger partial charge in [-0.2, -0.15) is 0 Å². The summed E-state index contributed by atoms with van der Waals surface area (Å²) in [5.41, 5.74) is 3.93. The Hall–Kier alpha value is -1.72. The molecule has 5 heteroatoms. The quantitative estimate of drug-likeness (QED) is 0.857. The van der Waals surface area contributed by atoms with Crippen molar-refractivity contribution in [3.05, 3.63) is 52.5 Å². The zero-order valence-electron chi connectivity index (χ0n) is 13.9. The molecule has 2 aliphatic rings. The van der Waals surface area contributed by atoms with Crippen LogP contribution in [0.2, 0.25) is 0 Å². The summed E-state index contributed by atoms with van der Waals surface area (Å²) < 4.78 is 0. The number of amides is 1. The third kappa shape index (κ3) is 2.98. The summed E-state index contributed by atoms with van der Waals surface area (Å²) in [7, 11) is 0. The standard InChI is InChI=1S/C19H23N3OS/c23-18(17-13-24-15-20-17)21-12-9-19(14-21)8-4-10-22(19)11-7-16-5-2-1-3-6-16/h1-3,5-6,13,15H,4,7-12,14H2. The number of hydrogen-bond donors (Lipinski definition) is 0. The molecular weight excluding hydrogens is 318 g/mol. The van der Waals surface area contributed by atoms with Gasteiger partial charge in [0.15, 0.2) is 0 Å². The summed E-state index contributed by atoms with van der Waals surface area (Å²) in [4.78, 5) is 21.4. The third-order valence-corrected chi connectivity index (χ3v) is 6.11. The van der Waals surface area contributed by atoms with Crippen molar-refractivity contribution < 1.29 is 4.79 Å². The van der Waals surface area contributed by atoms with E-state index < -0.39 is 0 Å². The Morgan fingerprint density at radius 3 is 2.88 bits per heavy atom. The van der Waals surface area contributed by atoms with Crippen molar-refractivity contribution in [2.45, 2.75) is 31.2 Å². The molecule has 2 aromatic rings. The number of rotatable bonds is 4. The number of hydrogen-bond acceptors (Lipinski definition) is 4. The average molecular weight is 341 g/mol. The number of nitrogens with zero attached hydrogens (tertiary/aromatic N) is 3. The van der Waals surface area contributed by atoms with Gasteiger partial charge >= 0.3 is 0 Å². The van der Waals surface area contributed by atoms with Crippen LogP contribution in [-0.2, 0) is 6.42 Å². The van der Waals surface area contributed by atoms with Gasteiger partial charge in [-0.25, -0.2) is 4.98 Å². The van der Waals surface area contributed by atoms with E-state index in [9.17, 15) is 4.79 Å². The zero-order valence-corrected chi connectivity index (χ0v) is 14.7.